The Morgan fingerprint density at radius 2 is 1.72 bits per heavy atom. The highest BCUT2D eigenvalue weighted by Crippen LogP contribution is 2.24. The summed E-state index contributed by atoms with van der Waals surface area (Å²) in [5.74, 6) is -0.344. The van der Waals surface area contributed by atoms with E-state index in [2.05, 4.69) is 29.2 Å². The lowest BCUT2D eigenvalue weighted by molar-refractivity contribution is 0.275. The lowest BCUT2D eigenvalue weighted by atomic mass is 10.1. The van der Waals surface area contributed by atoms with Crippen molar-refractivity contribution in [3.05, 3.63) is 65.0 Å². The van der Waals surface area contributed by atoms with E-state index in [4.69, 9.17) is 5.73 Å². The quantitative estimate of drug-likeness (QED) is 0.820. The van der Waals surface area contributed by atoms with Crippen molar-refractivity contribution < 1.29 is 4.39 Å². The Morgan fingerprint density at radius 3 is 2.33 bits per heavy atom. The predicted molar refractivity (Wildman–Crippen MR) is 70.2 cm³/mol. The van der Waals surface area contributed by atoms with Crippen LogP contribution < -0.4 is 5.73 Å². The highest BCUT2D eigenvalue weighted by Gasteiger charge is 2.18. The summed E-state index contributed by atoms with van der Waals surface area (Å²) in [6, 6.07) is 13.4. The van der Waals surface area contributed by atoms with E-state index in [1.807, 2.05) is 0 Å². The first kappa shape index (κ1) is 11.2. The molecule has 0 unspecified atom stereocenters. The molecule has 3 heteroatoms. The summed E-state index contributed by atoms with van der Waals surface area (Å²) >= 11 is 0. The standard InChI is InChI=1S/C15H15FN2/c16-14-6-5-11(7-15(14)17)8-18-9-12-3-1-2-4-13(12)10-18/h1-7H,8-10,17H2. The van der Waals surface area contributed by atoms with Crippen LogP contribution in [0.4, 0.5) is 10.1 Å². The third kappa shape index (κ3) is 2.09. The number of fused-ring (bicyclic) bond motifs is 1. The fourth-order valence-corrected chi connectivity index (χ4v) is 2.47. The molecule has 1 aliphatic heterocycles. The second kappa shape index (κ2) is 4.42. The molecular formula is C15H15FN2. The number of benzene rings is 2. The lowest BCUT2D eigenvalue weighted by Crippen LogP contribution is -2.15. The van der Waals surface area contributed by atoms with E-state index in [0.29, 0.717) is 0 Å². The summed E-state index contributed by atoms with van der Waals surface area (Å²) in [5.41, 5.74) is 9.63. The van der Waals surface area contributed by atoms with Gasteiger partial charge in [0.05, 0.1) is 5.69 Å². The van der Waals surface area contributed by atoms with Gasteiger partial charge in [-0.2, -0.15) is 0 Å². The van der Waals surface area contributed by atoms with Gasteiger partial charge in [-0.15, -0.1) is 0 Å². The van der Waals surface area contributed by atoms with E-state index >= 15 is 0 Å². The average Bonchev–Trinajstić information content (AvgIpc) is 2.76. The lowest BCUT2D eigenvalue weighted by Gasteiger charge is -2.15. The molecule has 18 heavy (non-hydrogen) atoms. The minimum Gasteiger partial charge on any atom is -0.396 e. The van der Waals surface area contributed by atoms with Gasteiger partial charge in [-0.1, -0.05) is 30.3 Å². The summed E-state index contributed by atoms with van der Waals surface area (Å²) in [6.45, 7) is 2.71. The van der Waals surface area contributed by atoms with Gasteiger partial charge in [0, 0.05) is 19.6 Å². The van der Waals surface area contributed by atoms with Gasteiger partial charge in [-0.25, -0.2) is 4.39 Å². The topological polar surface area (TPSA) is 29.3 Å². The maximum absolute atomic E-state index is 13.1. The monoisotopic (exact) mass is 242 g/mol. The largest absolute Gasteiger partial charge is 0.396 e. The van der Waals surface area contributed by atoms with Crippen LogP contribution in [-0.2, 0) is 19.6 Å². The summed E-state index contributed by atoms with van der Waals surface area (Å²) < 4.78 is 13.1. The van der Waals surface area contributed by atoms with Gasteiger partial charge in [-0.3, -0.25) is 4.90 Å². The van der Waals surface area contributed by atoms with Crippen LogP contribution in [0, 0.1) is 5.82 Å². The van der Waals surface area contributed by atoms with Gasteiger partial charge in [0.15, 0.2) is 0 Å². The predicted octanol–water partition coefficient (Wildman–Crippen LogP) is 2.92. The molecule has 0 atom stereocenters. The fraction of sp³-hybridized carbons (Fsp3) is 0.200. The minimum atomic E-state index is -0.344. The smallest absolute Gasteiger partial charge is 0.146 e. The Labute approximate surface area is 106 Å². The Morgan fingerprint density at radius 1 is 1.06 bits per heavy atom. The molecule has 2 N–H and O–H groups in total. The van der Waals surface area contributed by atoms with E-state index in [9.17, 15) is 4.39 Å². The summed E-state index contributed by atoms with van der Waals surface area (Å²) in [6.07, 6.45) is 0. The molecule has 0 amide bonds. The number of rotatable bonds is 2. The summed E-state index contributed by atoms with van der Waals surface area (Å²) in [4.78, 5) is 2.33. The summed E-state index contributed by atoms with van der Waals surface area (Å²) in [5, 5.41) is 0. The van der Waals surface area contributed by atoms with Crippen LogP contribution in [0.5, 0.6) is 0 Å². The highest BCUT2D eigenvalue weighted by molar-refractivity contribution is 5.42. The van der Waals surface area contributed by atoms with Crippen LogP contribution in [0.3, 0.4) is 0 Å². The van der Waals surface area contributed by atoms with Gasteiger partial charge in [-0.05, 0) is 28.8 Å². The molecule has 2 aromatic carbocycles. The zero-order valence-corrected chi connectivity index (χ0v) is 10.1. The Kier molecular flexibility index (Phi) is 2.76. The first-order valence-corrected chi connectivity index (χ1v) is 6.05. The molecular weight excluding hydrogens is 227 g/mol. The molecule has 0 radical (unpaired) electrons. The van der Waals surface area contributed by atoms with E-state index in [1.165, 1.54) is 17.2 Å². The molecule has 0 bridgehead atoms. The van der Waals surface area contributed by atoms with Gasteiger partial charge in [0.2, 0.25) is 0 Å². The van der Waals surface area contributed by atoms with E-state index in [0.717, 1.165) is 25.2 Å². The Hall–Kier alpha value is -1.87. The molecule has 1 heterocycles. The summed E-state index contributed by atoms with van der Waals surface area (Å²) in [7, 11) is 0. The van der Waals surface area contributed by atoms with Crippen molar-refractivity contribution in [2.24, 2.45) is 0 Å². The molecule has 0 aliphatic carbocycles. The first-order valence-electron chi connectivity index (χ1n) is 6.05. The third-order valence-electron chi connectivity index (χ3n) is 3.37. The fourth-order valence-electron chi connectivity index (χ4n) is 2.47. The molecule has 0 fully saturated rings. The number of anilines is 1. The van der Waals surface area contributed by atoms with E-state index in [-0.39, 0.29) is 11.5 Å². The average molecular weight is 242 g/mol. The normalized spacial score (nSPS) is 14.7. The third-order valence-corrected chi connectivity index (χ3v) is 3.37. The maximum atomic E-state index is 13.1. The Bertz CT molecular complexity index is 555. The second-order valence-electron chi connectivity index (χ2n) is 4.77. The number of hydrogen-bond acceptors (Lipinski definition) is 2. The maximum Gasteiger partial charge on any atom is 0.146 e. The molecule has 0 saturated heterocycles. The molecule has 2 nitrogen and oxygen atoms in total. The van der Waals surface area contributed by atoms with E-state index < -0.39 is 0 Å². The first-order chi connectivity index (χ1) is 8.72. The van der Waals surface area contributed by atoms with Crippen LogP contribution in [0.1, 0.15) is 16.7 Å². The highest BCUT2D eigenvalue weighted by atomic mass is 19.1. The number of hydrogen-bond donors (Lipinski definition) is 1. The van der Waals surface area contributed by atoms with Crippen LogP contribution in [0.25, 0.3) is 0 Å². The number of nitrogen functional groups attached to an aromatic ring is 1. The molecule has 2 aromatic rings. The van der Waals surface area contributed by atoms with Crippen LogP contribution in [0.15, 0.2) is 42.5 Å². The zero-order chi connectivity index (χ0) is 12.5. The van der Waals surface area contributed by atoms with Crippen molar-refractivity contribution in [1.82, 2.24) is 4.90 Å². The molecule has 0 spiro atoms. The minimum absolute atomic E-state index is 0.226. The van der Waals surface area contributed by atoms with Crippen molar-refractivity contribution in [3.63, 3.8) is 0 Å². The molecule has 0 aromatic heterocycles. The van der Waals surface area contributed by atoms with Gasteiger partial charge in [0.25, 0.3) is 0 Å². The van der Waals surface area contributed by atoms with Crippen LogP contribution in [0.2, 0.25) is 0 Å². The van der Waals surface area contributed by atoms with Crippen molar-refractivity contribution in [3.8, 4) is 0 Å². The van der Waals surface area contributed by atoms with Crippen molar-refractivity contribution in [2.45, 2.75) is 19.6 Å². The van der Waals surface area contributed by atoms with Crippen molar-refractivity contribution in [1.29, 1.82) is 0 Å². The zero-order valence-electron chi connectivity index (χ0n) is 10.1. The molecule has 0 saturated carbocycles. The van der Waals surface area contributed by atoms with E-state index in [1.54, 1.807) is 12.1 Å². The molecule has 3 rings (SSSR count). The number of nitrogens with zero attached hydrogens (tertiary/aromatic N) is 1. The number of nitrogens with two attached hydrogens (primary N) is 1. The SMILES string of the molecule is Nc1cc(CN2Cc3ccccc3C2)ccc1F. The molecule has 92 valence electrons. The second-order valence-corrected chi connectivity index (χ2v) is 4.77. The van der Waals surface area contributed by atoms with Crippen LogP contribution >= 0.6 is 0 Å². The van der Waals surface area contributed by atoms with Crippen LogP contribution in [-0.4, -0.2) is 4.90 Å². The van der Waals surface area contributed by atoms with Crippen molar-refractivity contribution in [2.75, 3.05) is 5.73 Å². The van der Waals surface area contributed by atoms with Gasteiger partial charge < -0.3 is 5.73 Å². The van der Waals surface area contributed by atoms with Gasteiger partial charge >= 0.3 is 0 Å². The molecule has 1 aliphatic rings. The van der Waals surface area contributed by atoms with Gasteiger partial charge in [0.1, 0.15) is 5.82 Å². The Balaban J connectivity index is 1.74. The van der Waals surface area contributed by atoms with Crippen molar-refractivity contribution >= 4 is 5.69 Å². The number of halogens is 1.